The van der Waals surface area contributed by atoms with Gasteiger partial charge in [-0.3, -0.25) is 9.59 Å². The lowest BCUT2D eigenvalue weighted by Crippen LogP contribution is -2.31. The third-order valence-electron chi connectivity index (χ3n) is 4.54. The zero-order valence-electron chi connectivity index (χ0n) is 17.1. The molecule has 0 saturated heterocycles. The van der Waals surface area contributed by atoms with Gasteiger partial charge < -0.3 is 14.8 Å². The van der Waals surface area contributed by atoms with E-state index in [-0.39, 0.29) is 29.6 Å². The first-order valence-corrected chi connectivity index (χ1v) is 9.44. The summed E-state index contributed by atoms with van der Waals surface area (Å²) in [6.45, 7) is 4.67. The Kier molecular flexibility index (Phi) is 6.16. The maximum absolute atomic E-state index is 13.0. The zero-order chi connectivity index (χ0) is 21.0. The number of amides is 1. The van der Waals surface area contributed by atoms with E-state index in [4.69, 9.17) is 9.47 Å². The number of fused-ring (bicyclic) bond motifs is 1. The van der Waals surface area contributed by atoms with Crippen molar-refractivity contribution in [1.29, 1.82) is 0 Å². The first kappa shape index (κ1) is 20.4. The Morgan fingerprint density at radius 1 is 1.07 bits per heavy atom. The topological polar surface area (TPSA) is 82.5 Å². The number of ether oxygens (including phenoxy) is 2. The minimum absolute atomic E-state index is 0.194. The Balaban J connectivity index is 1.96. The fourth-order valence-corrected chi connectivity index (χ4v) is 3.22. The molecule has 3 rings (SSSR count). The van der Waals surface area contributed by atoms with Crippen LogP contribution in [0.15, 0.2) is 47.3 Å². The minimum Gasteiger partial charge on any atom is -0.493 e. The van der Waals surface area contributed by atoms with Crippen LogP contribution in [0.5, 0.6) is 11.5 Å². The van der Waals surface area contributed by atoms with Crippen molar-refractivity contribution in [3.05, 3.63) is 64.1 Å². The predicted octanol–water partition coefficient (Wildman–Crippen LogP) is 3.00. The maximum Gasteiger partial charge on any atom is 0.274 e. The molecule has 2 aromatic carbocycles. The summed E-state index contributed by atoms with van der Waals surface area (Å²) in [6.07, 6.45) is 0. The van der Waals surface area contributed by atoms with Gasteiger partial charge in [0.1, 0.15) is 0 Å². The molecule has 152 valence electrons. The summed E-state index contributed by atoms with van der Waals surface area (Å²) in [5.41, 5.74) is 0.808. The van der Waals surface area contributed by atoms with Crippen LogP contribution in [-0.4, -0.2) is 29.9 Å². The fraction of sp³-hybridized carbons (Fsp3) is 0.318. The van der Waals surface area contributed by atoms with Crippen LogP contribution < -0.4 is 20.3 Å². The second kappa shape index (κ2) is 8.77. The smallest absolute Gasteiger partial charge is 0.274 e. The van der Waals surface area contributed by atoms with E-state index in [0.717, 1.165) is 5.56 Å². The van der Waals surface area contributed by atoms with E-state index in [1.54, 1.807) is 44.6 Å². The number of hydrogen-bond acceptors (Lipinski definition) is 5. The van der Waals surface area contributed by atoms with Gasteiger partial charge in [-0.05, 0) is 18.1 Å². The number of rotatable bonds is 7. The molecule has 0 aliphatic carbocycles. The number of hydrogen-bond donors (Lipinski definition) is 1. The summed E-state index contributed by atoms with van der Waals surface area (Å²) in [6, 6.07) is 12.5. The van der Waals surface area contributed by atoms with Gasteiger partial charge in [-0.1, -0.05) is 44.2 Å². The van der Waals surface area contributed by atoms with Gasteiger partial charge in [-0.15, -0.1) is 0 Å². The van der Waals surface area contributed by atoms with Crippen molar-refractivity contribution in [3.8, 4) is 11.5 Å². The fourth-order valence-electron chi connectivity index (χ4n) is 3.22. The molecule has 0 radical (unpaired) electrons. The van der Waals surface area contributed by atoms with E-state index >= 15 is 0 Å². The van der Waals surface area contributed by atoms with Crippen molar-refractivity contribution < 1.29 is 14.3 Å². The molecule has 0 saturated carbocycles. The number of methoxy groups -OCH3 is 2. The minimum atomic E-state index is -0.358. The molecule has 0 unspecified atom stereocenters. The average Bonchev–Trinajstić information content (AvgIpc) is 2.73. The first-order valence-electron chi connectivity index (χ1n) is 9.44. The Morgan fingerprint density at radius 2 is 1.79 bits per heavy atom. The van der Waals surface area contributed by atoms with Gasteiger partial charge in [0.05, 0.1) is 19.6 Å². The monoisotopic (exact) mass is 395 g/mol. The van der Waals surface area contributed by atoms with E-state index in [9.17, 15) is 9.59 Å². The van der Waals surface area contributed by atoms with Crippen LogP contribution in [0.25, 0.3) is 10.8 Å². The number of carbonyl (C=O) groups excluding carboxylic acids is 1. The highest BCUT2D eigenvalue weighted by Gasteiger charge is 2.18. The summed E-state index contributed by atoms with van der Waals surface area (Å²) < 4.78 is 12.1. The molecule has 3 aromatic rings. The van der Waals surface area contributed by atoms with Crippen LogP contribution >= 0.6 is 0 Å². The van der Waals surface area contributed by atoms with Crippen LogP contribution in [0, 0.1) is 5.92 Å². The van der Waals surface area contributed by atoms with Crippen LogP contribution in [0.1, 0.15) is 29.9 Å². The molecule has 7 nitrogen and oxygen atoms in total. The van der Waals surface area contributed by atoms with Crippen molar-refractivity contribution in [2.24, 2.45) is 5.92 Å². The molecule has 7 heteroatoms. The van der Waals surface area contributed by atoms with Crippen molar-refractivity contribution in [1.82, 2.24) is 15.1 Å². The van der Waals surface area contributed by atoms with Crippen LogP contribution in [0.3, 0.4) is 0 Å². The lowest BCUT2D eigenvalue weighted by atomic mass is 10.1. The summed E-state index contributed by atoms with van der Waals surface area (Å²) in [7, 11) is 3.12. The highest BCUT2D eigenvalue weighted by molar-refractivity contribution is 6.04. The Hall–Kier alpha value is -3.35. The molecular formula is C22H25N3O4. The molecule has 1 amide bonds. The molecule has 0 fully saturated rings. The lowest BCUT2D eigenvalue weighted by molar-refractivity contribution is 0.0944. The van der Waals surface area contributed by atoms with Gasteiger partial charge in [-0.2, -0.15) is 5.10 Å². The van der Waals surface area contributed by atoms with E-state index in [1.807, 2.05) is 26.0 Å². The molecular weight excluding hydrogens is 370 g/mol. The third-order valence-corrected chi connectivity index (χ3v) is 4.54. The summed E-state index contributed by atoms with van der Waals surface area (Å²) in [4.78, 5) is 25.7. The number of nitrogens with one attached hydrogen (secondary N) is 1. The van der Waals surface area contributed by atoms with E-state index in [0.29, 0.717) is 28.8 Å². The van der Waals surface area contributed by atoms with E-state index in [2.05, 4.69) is 10.4 Å². The van der Waals surface area contributed by atoms with Crippen molar-refractivity contribution >= 4 is 16.7 Å². The number of para-hydroxylation sites is 1. The number of aromatic nitrogens is 2. The van der Waals surface area contributed by atoms with Gasteiger partial charge in [0, 0.05) is 24.0 Å². The highest BCUT2D eigenvalue weighted by Crippen LogP contribution is 2.30. The van der Waals surface area contributed by atoms with Crippen molar-refractivity contribution in [2.75, 3.05) is 14.2 Å². The van der Waals surface area contributed by atoms with E-state index in [1.165, 1.54) is 4.68 Å². The molecule has 1 heterocycles. The molecule has 1 aromatic heterocycles. The SMILES string of the molecule is COc1cccc(CNC(=O)c2nn(CC(C)C)c(=O)c3ccccc23)c1OC. The van der Waals surface area contributed by atoms with E-state index < -0.39 is 0 Å². The average molecular weight is 395 g/mol. The normalized spacial score (nSPS) is 10.9. The van der Waals surface area contributed by atoms with Gasteiger partial charge in [0.25, 0.3) is 11.5 Å². The number of carbonyl (C=O) groups is 1. The Labute approximate surface area is 169 Å². The highest BCUT2D eigenvalue weighted by atomic mass is 16.5. The van der Waals surface area contributed by atoms with Gasteiger partial charge in [-0.25, -0.2) is 4.68 Å². The van der Waals surface area contributed by atoms with Gasteiger partial charge in [0.2, 0.25) is 0 Å². The van der Waals surface area contributed by atoms with Crippen LogP contribution in [0.4, 0.5) is 0 Å². The van der Waals surface area contributed by atoms with Crippen LogP contribution in [0.2, 0.25) is 0 Å². The summed E-state index contributed by atoms with van der Waals surface area (Å²) in [5, 5.41) is 8.26. The lowest BCUT2D eigenvalue weighted by Gasteiger charge is -2.14. The molecule has 0 aliphatic rings. The van der Waals surface area contributed by atoms with Crippen LogP contribution in [-0.2, 0) is 13.1 Å². The second-order valence-corrected chi connectivity index (χ2v) is 7.11. The number of benzene rings is 2. The second-order valence-electron chi connectivity index (χ2n) is 7.11. The Bertz CT molecular complexity index is 1090. The third kappa shape index (κ3) is 4.23. The standard InChI is InChI=1S/C22H25N3O4/c1-14(2)13-25-22(27)17-10-6-5-9-16(17)19(24-25)21(26)23-12-15-8-7-11-18(28-3)20(15)29-4/h5-11,14H,12-13H2,1-4H3,(H,23,26). The molecule has 0 spiro atoms. The quantitative estimate of drug-likeness (QED) is 0.665. The van der Waals surface area contributed by atoms with Gasteiger partial charge >= 0.3 is 0 Å². The Morgan fingerprint density at radius 3 is 2.45 bits per heavy atom. The molecule has 0 aliphatic heterocycles. The molecule has 1 N–H and O–H groups in total. The summed E-state index contributed by atoms with van der Waals surface area (Å²) >= 11 is 0. The maximum atomic E-state index is 13.0. The molecule has 29 heavy (non-hydrogen) atoms. The predicted molar refractivity (Wildman–Crippen MR) is 112 cm³/mol. The van der Waals surface area contributed by atoms with Crippen molar-refractivity contribution in [2.45, 2.75) is 26.9 Å². The molecule has 0 bridgehead atoms. The van der Waals surface area contributed by atoms with Crippen molar-refractivity contribution in [3.63, 3.8) is 0 Å². The number of nitrogens with zero attached hydrogens (tertiary/aromatic N) is 2. The summed E-state index contributed by atoms with van der Waals surface area (Å²) in [5.74, 6) is 1.02. The van der Waals surface area contributed by atoms with Gasteiger partial charge in [0.15, 0.2) is 17.2 Å². The first-order chi connectivity index (χ1) is 14.0. The largest absolute Gasteiger partial charge is 0.493 e. The zero-order valence-corrected chi connectivity index (χ0v) is 17.1. The molecule has 0 atom stereocenters.